The Kier molecular flexibility index (Phi) is 6.27. The third-order valence-electron chi connectivity index (χ3n) is 6.44. The van der Waals surface area contributed by atoms with E-state index in [2.05, 4.69) is 30.0 Å². The summed E-state index contributed by atoms with van der Waals surface area (Å²) in [4.78, 5) is 18.0. The van der Waals surface area contributed by atoms with E-state index in [1.807, 2.05) is 76.4 Å². The van der Waals surface area contributed by atoms with Gasteiger partial charge in [-0.05, 0) is 26.0 Å². The first-order valence-electron chi connectivity index (χ1n) is 11.9. The lowest BCUT2D eigenvalue weighted by Gasteiger charge is -2.34. The van der Waals surface area contributed by atoms with Crippen LogP contribution in [0.4, 0.5) is 0 Å². The summed E-state index contributed by atoms with van der Waals surface area (Å²) in [6.07, 6.45) is 4.01. The van der Waals surface area contributed by atoms with Crippen LogP contribution in [0.15, 0.2) is 73.1 Å². The van der Waals surface area contributed by atoms with E-state index in [0.29, 0.717) is 18.7 Å². The number of carbonyl (C=O) groups is 1. The first-order valence-corrected chi connectivity index (χ1v) is 11.9. The number of hydrogen-bond donors (Lipinski definition) is 0. The van der Waals surface area contributed by atoms with E-state index in [-0.39, 0.29) is 5.91 Å². The normalized spacial score (nSPS) is 14.5. The summed E-state index contributed by atoms with van der Waals surface area (Å²) in [5.41, 5.74) is 5.59. The SMILES string of the molecule is CCn1cc(CN2CCN(C(=O)c3cn(-c4ccccc4)nc3-c3ccccc3)CC2)c(C)n1. The highest BCUT2D eigenvalue weighted by Gasteiger charge is 2.27. The van der Waals surface area contributed by atoms with Gasteiger partial charge in [-0.2, -0.15) is 10.2 Å². The molecule has 0 radical (unpaired) electrons. The van der Waals surface area contributed by atoms with Gasteiger partial charge in [-0.25, -0.2) is 4.68 Å². The number of piperazine rings is 1. The van der Waals surface area contributed by atoms with Gasteiger partial charge in [0.25, 0.3) is 5.91 Å². The molecule has 2 aromatic carbocycles. The topological polar surface area (TPSA) is 59.2 Å². The number of rotatable bonds is 6. The summed E-state index contributed by atoms with van der Waals surface area (Å²) in [6.45, 7) is 9.00. The zero-order chi connectivity index (χ0) is 23.5. The second-order valence-electron chi connectivity index (χ2n) is 8.70. The summed E-state index contributed by atoms with van der Waals surface area (Å²) in [6, 6.07) is 19.9. The molecule has 1 aliphatic heterocycles. The second kappa shape index (κ2) is 9.65. The molecule has 0 atom stereocenters. The molecule has 0 unspecified atom stereocenters. The van der Waals surface area contributed by atoms with E-state index in [9.17, 15) is 4.79 Å². The van der Waals surface area contributed by atoms with E-state index < -0.39 is 0 Å². The zero-order valence-electron chi connectivity index (χ0n) is 19.8. The number of hydrogen-bond acceptors (Lipinski definition) is 4. The molecule has 0 aliphatic carbocycles. The van der Waals surface area contributed by atoms with Gasteiger partial charge in [0.1, 0.15) is 5.69 Å². The molecule has 5 rings (SSSR count). The summed E-state index contributed by atoms with van der Waals surface area (Å²) in [5, 5.41) is 9.37. The lowest BCUT2D eigenvalue weighted by Crippen LogP contribution is -2.48. The highest BCUT2D eigenvalue weighted by molar-refractivity contribution is 6.00. The second-order valence-corrected chi connectivity index (χ2v) is 8.70. The molecule has 0 spiro atoms. The third-order valence-corrected chi connectivity index (χ3v) is 6.44. The van der Waals surface area contributed by atoms with Gasteiger partial charge in [-0.3, -0.25) is 14.4 Å². The molecular weight excluding hydrogens is 424 g/mol. The Labute approximate surface area is 200 Å². The average Bonchev–Trinajstić information content (AvgIpc) is 3.49. The minimum Gasteiger partial charge on any atom is -0.336 e. The fourth-order valence-corrected chi connectivity index (χ4v) is 4.45. The summed E-state index contributed by atoms with van der Waals surface area (Å²) in [5.74, 6) is 0.0377. The molecular formula is C27H30N6O. The predicted octanol–water partition coefficient (Wildman–Crippen LogP) is 4.02. The van der Waals surface area contributed by atoms with Crippen molar-refractivity contribution in [2.75, 3.05) is 26.2 Å². The Morgan fingerprint density at radius 1 is 0.882 bits per heavy atom. The van der Waals surface area contributed by atoms with Crippen molar-refractivity contribution in [3.05, 3.63) is 89.9 Å². The van der Waals surface area contributed by atoms with E-state index in [1.54, 1.807) is 4.68 Å². The van der Waals surface area contributed by atoms with Crippen molar-refractivity contribution in [1.29, 1.82) is 0 Å². The molecule has 1 fully saturated rings. The number of amides is 1. The van der Waals surface area contributed by atoms with Crippen molar-refractivity contribution in [2.45, 2.75) is 26.9 Å². The maximum Gasteiger partial charge on any atom is 0.257 e. The van der Waals surface area contributed by atoms with Gasteiger partial charge < -0.3 is 4.90 Å². The Morgan fingerprint density at radius 2 is 1.56 bits per heavy atom. The van der Waals surface area contributed by atoms with E-state index in [0.717, 1.165) is 48.8 Å². The highest BCUT2D eigenvalue weighted by Crippen LogP contribution is 2.25. The van der Waals surface area contributed by atoms with Crippen molar-refractivity contribution in [3.63, 3.8) is 0 Å². The monoisotopic (exact) mass is 454 g/mol. The largest absolute Gasteiger partial charge is 0.336 e. The molecule has 2 aromatic heterocycles. The molecule has 7 heteroatoms. The number of aryl methyl sites for hydroxylation is 2. The lowest BCUT2D eigenvalue weighted by atomic mass is 10.1. The van der Waals surface area contributed by atoms with Crippen LogP contribution >= 0.6 is 0 Å². The fraction of sp³-hybridized carbons (Fsp3) is 0.296. The predicted molar refractivity (Wildman–Crippen MR) is 133 cm³/mol. The van der Waals surface area contributed by atoms with Crippen LogP contribution in [0.1, 0.15) is 28.5 Å². The highest BCUT2D eigenvalue weighted by atomic mass is 16.2. The Bertz CT molecular complexity index is 1250. The minimum atomic E-state index is 0.0377. The molecule has 0 saturated carbocycles. The average molecular weight is 455 g/mol. The Hall–Kier alpha value is -3.71. The van der Waals surface area contributed by atoms with Crippen LogP contribution in [0.25, 0.3) is 16.9 Å². The minimum absolute atomic E-state index is 0.0377. The van der Waals surface area contributed by atoms with Gasteiger partial charge in [0.05, 0.1) is 16.9 Å². The van der Waals surface area contributed by atoms with Crippen LogP contribution < -0.4 is 0 Å². The van der Waals surface area contributed by atoms with Crippen LogP contribution in [-0.2, 0) is 13.1 Å². The van der Waals surface area contributed by atoms with Crippen molar-refractivity contribution in [2.24, 2.45) is 0 Å². The quantitative estimate of drug-likeness (QED) is 0.442. The number of para-hydroxylation sites is 1. The molecule has 1 saturated heterocycles. The van der Waals surface area contributed by atoms with Crippen molar-refractivity contribution in [1.82, 2.24) is 29.4 Å². The zero-order valence-corrected chi connectivity index (χ0v) is 19.8. The first-order chi connectivity index (χ1) is 16.6. The van der Waals surface area contributed by atoms with Crippen molar-refractivity contribution >= 4 is 5.91 Å². The van der Waals surface area contributed by atoms with E-state index in [1.165, 1.54) is 5.56 Å². The van der Waals surface area contributed by atoms with Crippen LogP contribution in [0.3, 0.4) is 0 Å². The van der Waals surface area contributed by atoms with E-state index in [4.69, 9.17) is 5.10 Å². The Morgan fingerprint density at radius 3 is 2.21 bits per heavy atom. The van der Waals surface area contributed by atoms with Gasteiger partial charge in [0.2, 0.25) is 0 Å². The van der Waals surface area contributed by atoms with Gasteiger partial charge in [0.15, 0.2) is 0 Å². The number of nitrogens with zero attached hydrogens (tertiary/aromatic N) is 6. The van der Waals surface area contributed by atoms with Gasteiger partial charge >= 0.3 is 0 Å². The van der Waals surface area contributed by atoms with Crippen molar-refractivity contribution in [3.8, 4) is 16.9 Å². The molecule has 1 aliphatic rings. The molecule has 4 aromatic rings. The molecule has 1 amide bonds. The molecule has 34 heavy (non-hydrogen) atoms. The summed E-state index contributed by atoms with van der Waals surface area (Å²) in [7, 11) is 0. The first kappa shape index (κ1) is 22.1. The maximum atomic E-state index is 13.6. The molecule has 7 nitrogen and oxygen atoms in total. The third kappa shape index (κ3) is 4.52. The standard InChI is InChI=1S/C27H30N6O/c1-3-32-19-23(21(2)28-32)18-30-14-16-31(17-15-30)27(34)25-20-33(24-12-8-5-9-13-24)29-26(25)22-10-6-4-7-11-22/h4-13,19-20H,3,14-18H2,1-2H3. The Balaban J connectivity index is 1.34. The number of carbonyl (C=O) groups excluding carboxylic acids is 1. The number of aromatic nitrogens is 4. The molecule has 0 bridgehead atoms. The van der Waals surface area contributed by atoms with Crippen LogP contribution in [0, 0.1) is 6.92 Å². The molecule has 0 N–H and O–H groups in total. The van der Waals surface area contributed by atoms with Gasteiger partial charge in [0, 0.05) is 62.8 Å². The smallest absolute Gasteiger partial charge is 0.257 e. The van der Waals surface area contributed by atoms with Crippen LogP contribution in [-0.4, -0.2) is 61.4 Å². The van der Waals surface area contributed by atoms with Crippen LogP contribution in [0.2, 0.25) is 0 Å². The maximum absolute atomic E-state index is 13.6. The molecule has 174 valence electrons. The number of benzene rings is 2. The van der Waals surface area contributed by atoms with Crippen LogP contribution in [0.5, 0.6) is 0 Å². The summed E-state index contributed by atoms with van der Waals surface area (Å²) >= 11 is 0. The lowest BCUT2D eigenvalue weighted by molar-refractivity contribution is 0.0629. The van der Waals surface area contributed by atoms with E-state index >= 15 is 0 Å². The molecule has 3 heterocycles. The summed E-state index contributed by atoms with van der Waals surface area (Å²) < 4.78 is 3.79. The van der Waals surface area contributed by atoms with Gasteiger partial charge in [-0.1, -0.05) is 48.5 Å². The van der Waals surface area contributed by atoms with Gasteiger partial charge in [-0.15, -0.1) is 0 Å². The fourth-order valence-electron chi connectivity index (χ4n) is 4.45. The van der Waals surface area contributed by atoms with Crippen molar-refractivity contribution < 1.29 is 4.79 Å².